The van der Waals surface area contributed by atoms with Gasteiger partial charge in [-0.1, -0.05) is 53.0 Å². The summed E-state index contributed by atoms with van der Waals surface area (Å²) < 4.78 is 3.22. The van der Waals surface area contributed by atoms with Crippen molar-refractivity contribution < 1.29 is 9.53 Å². The lowest BCUT2D eigenvalue weighted by molar-refractivity contribution is 0.0474. The number of halogens is 4. The van der Waals surface area contributed by atoms with Gasteiger partial charge in [0.15, 0.2) is 7.90 Å². The van der Waals surface area contributed by atoms with E-state index in [1.807, 2.05) is 28.7 Å². The summed E-state index contributed by atoms with van der Waals surface area (Å²) in [6, 6.07) is 8.67. The van der Waals surface area contributed by atoms with Crippen molar-refractivity contribution in [2.75, 3.05) is 0 Å². The van der Waals surface area contributed by atoms with Gasteiger partial charge in [0.25, 0.3) is 0 Å². The summed E-state index contributed by atoms with van der Waals surface area (Å²) in [5, 5.41) is 0. The van der Waals surface area contributed by atoms with E-state index in [-0.39, 0.29) is 6.42 Å². The quantitative estimate of drug-likeness (QED) is 0.433. The first kappa shape index (κ1) is 14.4. The van der Waals surface area contributed by atoms with Crippen molar-refractivity contribution in [2.24, 2.45) is 0 Å². The molecule has 0 bridgehead atoms. The molecule has 1 aromatic carbocycles. The molecule has 1 unspecified atom stereocenters. The Morgan fingerprint density at radius 3 is 2.38 bits per heavy atom. The Morgan fingerprint density at radius 1 is 1.31 bits per heavy atom. The minimum absolute atomic E-state index is 0.150. The molecule has 0 spiro atoms. The molecule has 6 heteroatoms. The van der Waals surface area contributed by atoms with E-state index < -0.39 is 13.9 Å². The van der Waals surface area contributed by atoms with Crippen LogP contribution in [0.2, 0.25) is 0 Å². The molecule has 0 amide bonds. The van der Waals surface area contributed by atoms with Gasteiger partial charge in [0.1, 0.15) is 0 Å². The van der Waals surface area contributed by atoms with Crippen molar-refractivity contribution >= 4 is 63.4 Å². The maximum Gasteiger partial charge on any atom is 0.339 e. The van der Waals surface area contributed by atoms with E-state index in [9.17, 15) is 4.79 Å². The van der Waals surface area contributed by atoms with E-state index in [0.717, 1.165) is 0 Å². The second-order valence-electron chi connectivity index (χ2n) is 3.00. The number of hydrogen-bond acceptors (Lipinski definition) is 2. The Balaban J connectivity index is 2.53. The topological polar surface area (TPSA) is 26.3 Å². The lowest BCUT2D eigenvalue weighted by Crippen LogP contribution is -2.18. The summed E-state index contributed by atoms with van der Waals surface area (Å²) in [5.41, 5.74) is 0.480. The number of carbonyl (C=O) groups excluding carboxylic acids is 1. The minimum Gasteiger partial charge on any atom is -0.448 e. The van der Waals surface area contributed by atoms with E-state index in [2.05, 4.69) is 0 Å². The van der Waals surface area contributed by atoms with Crippen LogP contribution in [0.1, 0.15) is 16.8 Å². The van der Waals surface area contributed by atoms with Crippen molar-refractivity contribution in [1.82, 2.24) is 0 Å². The molecule has 0 fully saturated rings. The first-order chi connectivity index (χ1) is 7.38. The van der Waals surface area contributed by atoms with Crippen molar-refractivity contribution in [3.8, 4) is 0 Å². The Bertz CT molecular complexity index is 351. The van der Waals surface area contributed by atoms with E-state index in [0.29, 0.717) is 5.56 Å². The van der Waals surface area contributed by atoms with E-state index in [4.69, 9.17) is 39.5 Å². The van der Waals surface area contributed by atoms with Crippen LogP contribution in [0.15, 0.2) is 30.3 Å². The molecule has 0 aliphatic heterocycles. The predicted octanol–water partition coefficient (Wildman–Crippen LogP) is 4.36. The van der Waals surface area contributed by atoms with Crippen LogP contribution in [0.3, 0.4) is 0 Å². The third-order valence-electron chi connectivity index (χ3n) is 1.64. The molecule has 16 heavy (non-hydrogen) atoms. The van der Waals surface area contributed by atoms with Crippen LogP contribution in [-0.2, 0) is 4.74 Å². The average Bonchev–Trinajstić information content (AvgIpc) is 2.16. The molecule has 1 aromatic rings. The van der Waals surface area contributed by atoms with Gasteiger partial charge < -0.3 is 4.74 Å². The van der Waals surface area contributed by atoms with Crippen molar-refractivity contribution in [3.05, 3.63) is 35.9 Å². The van der Waals surface area contributed by atoms with Gasteiger partial charge in [-0.25, -0.2) is 4.79 Å². The normalized spacial score (nSPS) is 13.2. The van der Waals surface area contributed by atoms with Crippen LogP contribution >= 0.6 is 57.4 Å². The third kappa shape index (κ3) is 5.57. The summed E-state index contributed by atoms with van der Waals surface area (Å²) in [6.45, 7) is 0. The monoisotopic (exact) mass is 392 g/mol. The van der Waals surface area contributed by atoms with Gasteiger partial charge in [-0.15, -0.1) is 0 Å². The van der Waals surface area contributed by atoms with E-state index in [1.165, 1.54) is 0 Å². The first-order valence-electron chi connectivity index (χ1n) is 4.35. The fourth-order valence-corrected chi connectivity index (χ4v) is 3.08. The number of rotatable bonds is 3. The number of benzene rings is 1. The van der Waals surface area contributed by atoms with Gasteiger partial charge in [-0.3, -0.25) is 0 Å². The zero-order valence-corrected chi connectivity index (χ0v) is 12.4. The van der Waals surface area contributed by atoms with Crippen LogP contribution in [0, 0.1) is 0 Å². The van der Waals surface area contributed by atoms with Gasteiger partial charge >= 0.3 is 5.97 Å². The Morgan fingerprint density at radius 2 is 1.88 bits per heavy atom. The smallest absolute Gasteiger partial charge is 0.339 e. The maximum atomic E-state index is 11.6. The second kappa shape index (κ2) is 6.28. The van der Waals surface area contributed by atoms with Crippen LogP contribution in [-0.4, -0.2) is 13.9 Å². The van der Waals surface area contributed by atoms with Gasteiger partial charge in [0.2, 0.25) is 0 Å². The number of esters is 1. The first-order valence-corrected chi connectivity index (χ1v) is 6.73. The molecule has 1 atom stereocenters. The molecular formula is C10H8Cl3IO2. The molecule has 2 nitrogen and oxygen atoms in total. The molecular weight excluding hydrogens is 385 g/mol. The van der Waals surface area contributed by atoms with Crippen LogP contribution in [0.25, 0.3) is 0 Å². The maximum absolute atomic E-state index is 11.6. The second-order valence-corrected chi connectivity index (χ2v) is 6.91. The Kier molecular flexibility index (Phi) is 5.64. The number of carbonyl (C=O) groups is 1. The summed E-state index contributed by atoms with van der Waals surface area (Å²) in [4.78, 5) is 11.6. The highest BCUT2D eigenvalue weighted by molar-refractivity contribution is 14.1. The van der Waals surface area contributed by atoms with Crippen molar-refractivity contribution in [3.63, 3.8) is 0 Å². The lowest BCUT2D eigenvalue weighted by atomic mass is 10.2. The van der Waals surface area contributed by atoms with Gasteiger partial charge in [0, 0.05) is 6.42 Å². The van der Waals surface area contributed by atoms with Gasteiger partial charge in [-0.05, 0) is 34.7 Å². The highest BCUT2D eigenvalue weighted by atomic mass is 127. The molecule has 88 valence electrons. The van der Waals surface area contributed by atoms with E-state index >= 15 is 0 Å². The molecule has 0 saturated carbocycles. The molecule has 1 rings (SSSR count). The highest BCUT2D eigenvalue weighted by Gasteiger charge is 2.26. The Hall–Kier alpha value is 0.290. The van der Waals surface area contributed by atoms with Crippen LogP contribution < -0.4 is 0 Å². The lowest BCUT2D eigenvalue weighted by Gasteiger charge is -2.16. The summed E-state index contributed by atoms with van der Waals surface area (Å²) in [7, 11) is 0. The average molecular weight is 393 g/mol. The highest BCUT2D eigenvalue weighted by Crippen LogP contribution is 2.34. The summed E-state index contributed by atoms with van der Waals surface area (Å²) in [6.07, 6.45) is 0.150. The zero-order chi connectivity index (χ0) is 12.2. The van der Waals surface area contributed by atoms with Crippen molar-refractivity contribution in [2.45, 2.75) is 14.3 Å². The molecule has 0 saturated heterocycles. The van der Waals surface area contributed by atoms with Gasteiger partial charge in [0.05, 0.1) is 5.56 Å². The molecule has 0 heterocycles. The van der Waals surface area contributed by atoms with Gasteiger partial charge in [-0.2, -0.15) is 0 Å². The molecule has 0 radical (unpaired) electrons. The molecule has 0 aliphatic carbocycles. The Labute approximate surface area is 122 Å². The number of alkyl halides is 4. The van der Waals surface area contributed by atoms with Crippen LogP contribution in [0.5, 0.6) is 0 Å². The minimum atomic E-state index is -1.41. The molecule has 0 aromatic heterocycles. The fourth-order valence-electron chi connectivity index (χ4n) is 0.982. The number of hydrogen-bond donors (Lipinski definition) is 0. The van der Waals surface area contributed by atoms with E-state index in [1.54, 1.807) is 24.3 Å². The summed E-state index contributed by atoms with van der Waals surface area (Å²) >= 11 is 18.7. The fraction of sp³-hybridized carbons (Fsp3) is 0.300. The molecule has 0 aliphatic rings. The van der Waals surface area contributed by atoms with Crippen molar-refractivity contribution in [1.29, 1.82) is 0 Å². The number of ether oxygens (including phenoxy) is 1. The standard InChI is InChI=1S/C10H8Cl3IO2/c11-10(12,13)6-8(14)16-9(15)7-4-2-1-3-5-7/h1-5,8H,6H2. The van der Waals surface area contributed by atoms with Crippen LogP contribution in [0.4, 0.5) is 0 Å². The largest absolute Gasteiger partial charge is 0.448 e. The third-order valence-corrected chi connectivity index (χ3v) is 2.79. The zero-order valence-electron chi connectivity index (χ0n) is 8.00. The SMILES string of the molecule is O=C(OC(I)CC(Cl)(Cl)Cl)c1ccccc1. The summed E-state index contributed by atoms with van der Waals surface area (Å²) in [5.74, 6) is -0.422. The predicted molar refractivity (Wildman–Crippen MR) is 74.6 cm³/mol. The molecule has 0 N–H and O–H groups in total.